The van der Waals surface area contributed by atoms with E-state index in [0.717, 1.165) is 0 Å². The minimum Gasteiger partial charge on any atom is -0.508 e. The second kappa shape index (κ2) is 3.86. The number of benzene rings is 1. The van der Waals surface area contributed by atoms with Crippen molar-refractivity contribution in [3.05, 3.63) is 36.7 Å². The molecule has 0 bridgehead atoms. The van der Waals surface area contributed by atoms with E-state index in [4.69, 9.17) is 5.11 Å². The van der Waals surface area contributed by atoms with Crippen molar-refractivity contribution in [3.8, 4) is 5.75 Å². The van der Waals surface area contributed by atoms with Crippen LogP contribution in [0.4, 0.5) is 5.69 Å². The summed E-state index contributed by atoms with van der Waals surface area (Å²) in [6, 6.07) is 5.25. The smallest absolute Gasteiger partial charge is 0.261 e. The van der Waals surface area contributed by atoms with E-state index in [0.29, 0.717) is 5.69 Å². The zero-order valence-corrected chi connectivity index (χ0v) is 8.90. The maximum absolute atomic E-state index is 11.8. The average Bonchev–Trinajstić information content (AvgIpc) is 2.70. The number of hydrogen-bond donors (Lipinski definition) is 3. The Morgan fingerprint density at radius 1 is 1.25 bits per heavy atom. The number of H-pyrrole nitrogens is 1. The van der Waals surface area contributed by atoms with Gasteiger partial charge in [0.05, 0.1) is 16.8 Å². The van der Waals surface area contributed by atoms with E-state index in [1.54, 1.807) is 0 Å². The fraction of sp³-hybridized carbons (Fsp3) is 0. The van der Waals surface area contributed by atoms with Gasteiger partial charge in [0.15, 0.2) is 0 Å². The van der Waals surface area contributed by atoms with Crippen LogP contribution in [0.2, 0.25) is 0 Å². The van der Waals surface area contributed by atoms with E-state index in [1.165, 1.54) is 36.7 Å². The molecule has 0 unspecified atom stereocenters. The van der Waals surface area contributed by atoms with Gasteiger partial charge in [-0.25, -0.2) is 8.42 Å². The van der Waals surface area contributed by atoms with Crippen molar-refractivity contribution in [2.75, 3.05) is 4.72 Å². The quantitative estimate of drug-likeness (QED) is 0.742. The third-order valence-corrected chi connectivity index (χ3v) is 3.29. The zero-order chi connectivity index (χ0) is 11.6. The Morgan fingerprint density at radius 2 is 1.94 bits per heavy atom. The van der Waals surface area contributed by atoms with E-state index in [-0.39, 0.29) is 10.6 Å². The Balaban J connectivity index is 2.29. The summed E-state index contributed by atoms with van der Waals surface area (Å²) >= 11 is 0. The van der Waals surface area contributed by atoms with Gasteiger partial charge in [0.2, 0.25) is 0 Å². The fourth-order valence-corrected chi connectivity index (χ4v) is 2.18. The molecule has 0 aliphatic heterocycles. The molecule has 1 heterocycles. The van der Waals surface area contributed by atoms with Crippen molar-refractivity contribution in [1.82, 2.24) is 10.2 Å². The molecule has 1 aromatic heterocycles. The second-order valence-electron chi connectivity index (χ2n) is 3.09. The highest BCUT2D eigenvalue weighted by Crippen LogP contribution is 2.17. The Labute approximate surface area is 92.0 Å². The first kappa shape index (κ1) is 10.5. The maximum atomic E-state index is 11.8. The van der Waals surface area contributed by atoms with Crippen LogP contribution in [0.5, 0.6) is 5.75 Å². The summed E-state index contributed by atoms with van der Waals surface area (Å²) in [6.07, 6.45) is 2.79. The molecular formula is C9H9N3O3S. The molecule has 7 heteroatoms. The van der Waals surface area contributed by atoms with Gasteiger partial charge in [-0.2, -0.15) is 5.10 Å². The minimum atomic E-state index is -3.62. The van der Waals surface area contributed by atoms with Crippen LogP contribution in [0.3, 0.4) is 0 Å². The first-order valence-electron chi connectivity index (χ1n) is 4.38. The third kappa shape index (κ3) is 2.14. The minimum absolute atomic E-state index is 0.0160. The van der Waals surface area contributed by atoms with Crippen molar-refractivity contribution >= 4 is 15.7 Å². The Hall–Kier alpha value is -2.02. The van der Waals surface area contributed by atoms with Crippen LogP contribution >= 0.6 is 0 Å². The number of anilines is 1. The number of sulfonamides is 1. The first-order valence-corrected chi connectivity index (χ1v) is 5.87. The van der Waals surface area contributed by atoms with Crippen LogP contribution in [0, 0.1) is 0 Å². The average molecular weight is 239 g/mol. The van der Waals surface area contributed by atoms with Gasteiger partial charge in [-0.1, -0.05) is 0 Å². The molecule has 0 saturated heterocycles. The highest BCUT2D eigenvalue weighted by atomic mass is 32.2. The van der Waals surface area contributed by atoms with Gasteiger partial charge in [-0.3, -0.25) is 9.82 Å². The number of aromatic hydroxyl groups is 1. The number of phenols is 1. The van der Waals surface area contributed by atoms with Crippen LogP contribution < -0.4 is 4.72 Å². The van der Waals surface area contributed by atoms with Crippen LogP contribution in [0.1, 0.15) is 0 Å². The summed E-state index contributed by atoms with van der Waals surface area (Å²) in [7, 11) is -3.62. The van der Waals surface area contributed by atoms with E-state index >= 15 is 0 Å². The summed E-state index contributed by atoms with van der Waals surface area (Å²) in [4.78, 5) is 0.0755. The molecule has 0 aliphatic rings. The monoisotopic (exact) mass is 239 g/mol. The molecule has 2 aromatic rings. The largest absolute Gasteiger partial charge is 0.508 e. The second-order valence-corrected chi connectivity index (χ2v) is 4.77. The maximum Gasteiger partial charge on any atom is 0.261 e. The molecule has 0 radical (unpaired) electrons. The van der Waals surface area contributed by atoms with Gasteiger partial charge in [0.1, 0.15) is 5.75 Å². The van der Waals surface area contributed by atoms with Crippen LogP contribution in [0.15, 0.2) is 41.6 Å². The lowest BCUT2D eigenvalue weighted by Crippen LogP contribution is -2.12. The summed E-state index contributed by atoms with van der Waals surface area (Å²) in [6.45, 7) is 0. The molecule has 0 atom stereocenters. The number of aromatic amines is 1. The van der Waals surface area contributed by atoms with Gasteiger partial charge in [-0.15, -0.1) is 0 Å². The van der Waals surface area contributed by atoms with Crippen molar-refractivity contribution < 1.29 is 13.5 Å². The van der Waals surface area contributed by atoms with E-state index < -0.39 is 10.0 Å². The van der Waals surface area contributed by atoms with Crippen molar-refractivity contribution in [1.29, 1.82) is 0 Å². The van der Waals surface area contributed by atoms with Gasteiger partial charge < -0.3 is 5.11 Å². The summed E-state index contributed by atoms with van der Waals surface area (Å²) < 4.78 is 25.9. The predicted molar refractivity (Wildman–Crippen MR) is 57.5 cm³/mol. The lowest BCUT2D eigenvalue weighted by Gasteiger charge is -2.05. The zero-order valence-electron chi connectivity index (χ0n) is 8.08. The predicted octanol–water partition coefficient (Wildman–Crippen LogP) is 0.916. The Kier molecular flexibility index (Phi) is 2.53. The van der Waals surface area contributed by atoms with Gasteiger partial charge in [-0.05, 0) is 24.3 Å². The van der Waals surface area contributed by atoms with E-state index in [1.807, 2.05) is 0 Å². The number of phenolic OH excluding ortho intramolecular Hbond substituents is 1. The molecule has 0 saturated carbocycles. The van der Waals surface area contributed by atoms with Gasteiger partial charge in [0.25, 0.3) is 10.0 Å². The number of hydrogen-bond acceptors (Lipinski definition) is 4. The standard InChI is InChI=1S/C9H9N3O3S/c13-8-1-3-9(4-2-8)16(14,15)12-7-5-10-11-6-7/h1-6,12-13H,(H,10,11). The summed E-state index contributed by atoms with van der Waals surface area (Å²) in [5.41, 5.74) is 0.355. The molecule has 84 valence electrons. The third-order valence-electron chi connectivity index (χ3n) is 1.90. The van der Waals surface area contributed by atoms with Crippen molar-refractivity contribution in [3.63, 3.8) is 0 Å². The molecule has 3 N–H and O–H groups in total. The van der Waals surface area contributed by atoms with Crippen LogP contribution in [0.25, 0.3) is 0 Å². The number of nitrogens with zero attached hydrogens (tertiary/aromatic N) is 1. The van der Waals surface area contributed by atoms with Gasteiger partial charge in [0, 0.05) is 6.20 Å². The lowest BCUT2D eigenvalue weighted by atomic mass is 10.3. The molecule has 0 amide bonds. The summed E-state index contributed by atoms with van der Waals surface area (Å²) in [5, 5.41) is 15.2. The van der Waals surface area contributed by atoms with Gasteiger partial charge >= 0.3 is 0 Å². The van der Waals surface area contributed by atoms with E-state index in [2.05, 4.69) is 14.9 Å². The molecule has 0 aliphatic carbocycles. The Bertz CT molecular complexity index is 561. The number of aromatic nitrogens is 2. The highest BCUT2D eigenvalue weighted by molar-refractivity contribution is 7.92. The molecule has 6 nitrogen and oxygen atoms in total. The normalized spacial score (nSPS) is 11.2. The summed E-state index contributed by atoms with van der Waals surface area (Å²) in [5.74, 6) is 0.0160. The molecular weight excluding hydrogens is 230 g/mol. The van der Waals surface area contributed by atoms with Crippen molar-refractivity contribution in [2.45, 2.75) is 4.90 Å². The first-order chi connectivity index (χ1) is 7.58. The van der Waals surface area contributed by atoms with Crippen molar-refractivity contribution in [2.24, 2.45) is 0 Å². The SMILES string of the molecule is O=S(=O)(Nc1cn[nH]c1)c1ccc(O)cc1. The molecule has 16 heavy (non-hydrogen) atoms. The topological polar surface area (TPSA) is 95.1 Å². The van der Waals surface area contributed by atoms with Crippen LogP contribution in [-0.2, 0) is 10.0 Å². The van der Waals surface area contributed by atoms with E-state index in [9.17, 15) is 8.42 Å². The lowest BCUT2D eigenvalue weighted by molar-refractivity contribution is 0.475. The number of rotatable bonds is 3. The molecule has 0 fully saturated rings. The molecule has 0 spiro atoms. The fourth-order valence-electron chi connectivity index (χ4n) is 1.15. The van der Waals surface area contributed by atoms with Crippen LogP contribution in [-0.4, -0.2) is 23.7 Å². The molecule has 1 aromatic carbocycles. The highest BCUT2D eigenvalue weighted by Gasteiger charge is 2.14. The Morgan fingerprint density at radius 3 is 2.50 bits per heavy atom. The number of nitrogens with one attached hydrogen (secondary N) is 2. The molecule has 2 rings (SSSR count).